The Kier molecular flexibility index (Phi) is 9.20. The van der Waals surface area contributed by atoms with Gasteiger partial charge in [0.25, 0.3) is 0 Å². The molecule has 10 heteroatoms. The van der Waals surface area contributed by atoms with E-state index in [4.69, 9.17) is 9.15 Å². The molecular formula is C18H33IN4O4S. The average Bonchev–Trinajstić information content (AvgIpc) is 3.06. The number of hydrogen-bond donors (Lipinski definition) is 2. The second-order valence-electron chi connectivity index (χ2n) is 7.98. The number of sulfone groups is 1. The molecule has 0 unspecified atom stereocenters. The van der Waals surface area contributed by atoms with Gasteiger partial charge in [0.15, 0.2) is 15.8 Å². The molecule has 1 aliphatic rings. The monoisotopic (exact) mass is 528 g/mol. The summed E-state index contributed by atoms with van der Waals surface area (Å²) in [5, 5.41) is 6.32. The normalized spacial score (nSPS) is 17.7. The van der Waals surface area contributed by atoms with E-state index in [1.165, 1.54) is 6.26 Å². The van der Waals surface area contributed by atoms with Crippen molar-refractivity contribution >= 4 is 39.8 Å². The van der Waals surface area contributed by atoms with Crippen molar-refractivity contribution in [2.24, 2.45) is 4.99 Å². The topological polar surface area (TPSA) is 106 Å². The molecule has 0 radical (unpaired) electrons. The van der Waals surface area contributed by atoms with E-state index in [0.29, 0.717) is 51.0 Å². The molecule has 2 heterocycles. The van der Waals surface area contributed by atoms with Gasteiger partial charge in [-0.25, -0.2) is 18.4 Å². The molecule has 0 aliphatic carbocycles. The molecule has 28 heavy (non-hydrogen) atoms. The highest BCUT2D eigenvalue weighted by Gasteiger charge is 2.42. The predicted molar refractivity (Wildman–Crippen MR) is 121 cm³/mol. The summed E-state index contributed by atoms with van der Waals surface area (Å²) in [6.45, 7) is 10.3. The van der Waals surface area contributed by atoms with Crippen molar-refractivity contribution in [1.29, 1.82) is 0 Å². The summed E-state index contributed by atoms with van der Waals surface area (Å²) in [5.41, 5.74) is -0.108. The van der Waals surface area contributed by atoms with Gasteiger partial charge >= 0.3 is 0 Å². The average molecular weight is 528 g/mol. The quantitative estimate of drug-likeness (QED) is 0.332. The molecule has 0 aromatic carbocycles. The zero-order chi connectivity index (χ0) is 20.1. The smallest absolute Gasteiger partial charge is 0.216 e. The molecule has 1 saturated heterocycles. The highest BCUT2D eigenvalue weighted by molar-refractivity contribution is 14.0. The fourth-order valence-corrected chi connectivity index (χ4v) is 4.13. The van der Waals surface area contributed by atoms with Gasteiger partial charge in [0.2, 0.25) is 5.89 Å². The summed E-state index contributed by atoms with van der Waals surface area (Å²) in [6.07, 6.45) is 3.98. The first-order valence-corrected chi connectivity index (χ1v) is 11.2. The number of rotatable bonds is 6. The van der Waals surface area contributed by atoms with Crippen LogP contribution in [0.3, 0.4) is 0 Å². The summed E-state index contributed by atoms with van der Waals surface area (Å²) >= 11 is 0. The van der Waals surface area contributed by atoms with E-state index >= 15 is 0 Å². The molecule has 0 atom stereocenters. The van der Waals surface area contributed by atoms with E-state index < -0.39 is 14.6 Å². The van der Waals surface area contributed by atoms with Crippen molar-refractivity contribution in [2.45, 2.75) is 57.2 Å². The number of aliphatic imine (C=N–C) groups is 1. The largest absolute Gasteiger partial charge is 0.443 e. The number of nitrogens with zero attached hydrogens (tertiary/aromatic N) is 2. The molecule has 0 amide bonds. The predicted octanol–water partition coefficient (Wildman–Crippen LogP) is 2.24. The SMILES string of the molecule is CCNC(=NCc1ncc(C(C)(C)C)o1)NCC1(S(C)(=O)=O)CCOCC1.I. The van der Waals surface area contributed by atoms with Crippen LogP contribution in [0.25, 0.3) is 0 Å². The van der Waals surface area contributed by atoms with Gasteiger partial charge < -0.3 is 19.8 Å². The van der Waals surface area contributed by atoms with Crippen LogP contribution in [0.1, 0.15) is 52.2 Å². The minimum absolute atomic E-state index is 0. The van der Waals surface area contributed by atoms with Gasteiger partial charge in [0, 0.05) is 38.0 Å². The van der Waals surface area contributed by atoms with Crippen molar-refractivity contribution in [2.75, 3.05) is 32.6 Å². The Hall–Kier alpha value is -0.880. The molecule has 1 fully saturated rings. The Morgan fingerprint density at radius 1 is 1.29 bits per heavy atom. The zero-order valence-corrected chi connectivity index (χ0v) is 20.5. The van der Waals surface area contributed by atoms with Crippen LogP contribution < -0.4 is 10.6 Å². The molecule has 2 N–H and O–H groups in total. The molecule has 0 saturated carbocycles. The summed E-state index contributed by atoms with van der Waals surface area (Å²) in [6, 6.07) is 0. The summed E-state index contributed by atoms with van der Waals surface area (Å²) in [5.74, 6) is 1.88. The summed E-state index contributed by atoms with van der Waals surface area (Å²) in [4.78, 5) is 8.76. The maximum Gasteiger partial charge on any atom is 0.216 e. The van der Waals surface area contributed by atoms with Crippen molar-refractivity contribution < 1.29 is 17.6 Å². The Labute approximate surface area is 185 Å². The number of ether oxygens (including phenoxy) is 1. The maximum atomic E-state index is 12.4. The first kappa shape index (κ1) is 25.2. The van der Waals surface area contributed by atoms with Gasteiger partial charge in [-0.05, 0) is 19.8 Å². The van der Waals surface area contributed by atoms with Gasteiger partial charge in [-0.1, -0.05) is 20.8 Å². The van der Waals surface area contributed by atoms with E-state index in [0.717, 1.165) is 5.76 Å². The molecule has 0 spiro atoms. The molecule has 1 aromatic heterocycles. The first-order chi connectivity index (χ1) is 12.6. The molecule has 1 aromatic rings. The number of hydrogen-bond acceptors (Lipinski definition) is 6. The Morgan fingerprint density at radius 3 is 2.43 bits per heavy atom. The standard InChI is InChI=1S/C18H32N4O4S.HI/c1-6-19-16(21-12-15-20-11-14(26-15)17(2,3)4)22-13-18(27(5,23)24)7-9-25-10-8-18;/h11H,6-10,12-13H2,1-5H3,(H2,19,21,22);1H. The number of nitrogens with one attached hydrogen (secondary N) is 2. The van der Waals surface area contributed by atoms with Crippen molar-refractivity contribution in [1.82, 2.24) is 15.6 Å². The fraction of sp³-hybridized carbons (Fsp3) is 0.778. The van der Waals surface area contributed by atoms with Crippen LogP contribution in [-0.4, -0.2) is 56.7 Å². The molecule has 1 aliphatic heterocycles. The molecule has 0 bridgehead atoms. The van der Waals surface area contributed by atoms with Crippen LogP contribution in [0.15, 0.2) is 15.6 Å². The number of guanidine groups is 1. The zero-order valence-electron chi connectivity index (χ0n) is 17.4. The lowest BCUT2D eigenvalue weighted by Gasteiger charge is -2.35. The third-order valence-corrected chi connectivity index (χ3v) is 6.90. The molecular weight excluding hydrogens is 495 g/mol. The lowest BCUT2D eigenvalue weighted by Crippen LogP contribution is -2.53. The van der Waals surface area contributed by atoms with Gasteiger partial charge in [-0.15, -0.1) is 24.0 Å². The number of aromatic nitrogens is 1. The third-order valence-electron chi connectivity index (χ3n) is 4.78. The van der Waals surface area contributed by atoms with Crippen LogP contribution in [-0.2, 0) is 26.5 Å². The minimum atomic E-state index is -3.23. The van der Waals surface area contributed by atoms with Crippen LogP contribution in [0.5, 0.6) is 0 Å². The van der Waals surface area contributed by atoms with E-state index in [1.807, 2.05) is 6.92 Å². The second-order valence-corrected chi connectivity index (χ2v) is 10.4. The van der Waals surface area contributed by atoms with Crippen molar-refractivity contribution in [3.8, 4) is 0 Å². The number of oxazole rings is 1. The highest BCUT2D eigenvalue weighted by atomic mass is 127. The number of halogens is 1. The van der Waals surface area contributed by atoms with Crippen LogP contribution >= 0.6 is 24.0 Å². The van der Waals surface area contributed by atoms with Gasteiger partial charge in [-0.3, -0.25) is 0 Å². The molecule has 162 valence electrons. The van der Waals surface area contributed by atoms with Crippen LogP contribution in [0, 0.1) is 0 Å². The molecule has 8 nitrogen and oxygen atoms in total. The Balaban J connectivity index is 0.00000392. The van der Waals surface area contributed by atoms with E-state index in [1.54, 1.807) is 6.20 Å². The van der Waals surface area contributed by atoms with E-state index in [-0.39, 0.29) is 35.9 Å². The first-order valence-electron chi connectivity index (χ1n) is 9.32. The van der Waals surface area contributed by atoms with E-state index in [2.05, 4.69) is 41.4 Å². The van der Waals surface area contributed by atoms with Gasteiger partial charge in [-0.2, -0.15) is 0 Å². The van der Waals surface area contributed by atoms with E-state index in [9.17, 15) is 8.42 Å². The third kappa shape index (κ3) is 6.58. The van der Waals surface area contributed by atoms with Gasteiger partial charge in [0.05, 0.1) is 10.9 Å². The Bertz CT molecular complexity index is 750. The lowest BCUT2D eigenvalue weighted by molar-refractivity contribution is 0.0756. The fourth-order valence-electron chi connectivity index (χ4n) is 2.89. The highest BCUT2D eigenvalue weighted by Crippen LogP contribution is 2.28. The Morgan fingerprint density at radius 2 is 1.93 bits per heavy atom. The van der Waals surface area contributed by atoms with Crippen molar-refractivity contribution in [3.63, 3.8) is 0 Å². The maximum absolute atomic E-state index is 12.4. The minimum Gasteiger partial charge on any atom is -0.443 e. The van der Waals surface area contributed by atoms with Crippen LogP contribution in [0.2, 0.25) is 0 Å². The van der Waals surface area contributed by atoms with Gasteiger partial charge in [0.1, 0.15) is 12.3 Å². The second kappa shape index (κ2) is 10.2. The van der Waals surface area contributed by atoms with Crippen LogP contribution in [0.4, 0.5) is 0 Å². The summed E-state index contributed by atoms with van der Waals surface area (Å²) in [7, 11) is -3.23. The van der Waals surface area contributed by atoms with Crippen molar-refractivity contribution in [3.05, 3.63) is 17.8 Å². The molecule has 2 rings (SSSR count). The summed E-state index contributed by atoms with van der Waals surface area (Å²) < 4.78 is 35.0. The lowest BCUT2D eigenvalue weighted by atomic mass is 9.94.